The zero-order chi connectivity index (χ0) is 18.5. The van der Waals surface area contributed by atoms with Gasteiger partial charge in [-0.15, -0.1) is 24.2 Å². The molecular formula is C19H29ClN2O4S. The number of nitrogens with zero attached hydrogens (tertiary/aromatic N) is 2. The Morgan fingerprint density at radius 2 is 1.63 bits per heavy atom. The first-order chi connectivity index (χ1) is 12.7. The van der Waals surface area contributed by atoms with Crippen molar-refractivity contribution in [2.45, 2.75) is 24.6 Å². The summed E-state index contributed by atoms with van der Waals surface area (Å²) in [6, 6.07) is 3.90. The van der Waals surface area contributed by atoms with Gasteiger partial charge in [-0.1, -0.05) is 6.42 Å². The summed E-state index contributed by atoms with van der Waals surface area (Å²) in [5.74, 6) is 2.54. The summed E-state index contributed by atoms with van der Waals surface area (Å²) in [6.07, 6.45) is 3.85. The summed E-state index contributed by atoms with van der Waals surface area (Å²) in [4.78, 5) is 16.9. The standard InChI is InChI=1S/C19H28N2O4S.ClH/c1-23-15-11-14(12-16(24-2)18(15)25-3)19-21(17(22)13-26-19)10-9-20-7-5-4-6-8-20;/h11-12,19H,4-10,13H2,1-3H3;1H. The van der Waals surface area contributed by atoms with E-state index in [0.29, 0.717) is 23.0 Å². The van der Waals surface area contributed by atoms with Crippen LogP contribution in [0.4, 0.5) is 0 Å². The van der Waals surface area contributed by atoms with Crippen LogP contribution in [0.2, 0.25) is 0 Å². The van der Waals surface area contributed by atoms with Crippen LogP contribution >= 0.6 is 24.2 Å². The van der Waals surface area contributed by atoms with Gasteiger partial charge in [0, 0.05) is 13.1 Å². The smallest absolute Gasteiger partial charge is 0.233 e. The molecule has 0 N–H and O–H groups in total. The Labute approximate surface area is 171 Å². The minimum Gasteiger partial charge on any atom is -0.493 e. The Morgan fingerprint density at radius 3 is 2.19 bits per heavy atom. The molecular weight excluding hydrogens is 388 g/mol. The van der Waals surface area contributed by atoms with Crippen molar-refractivity contribution in [3.8, 4) is 17.2 Å². The fourth-order valence-electron chi connectivity index (χ4n) is 3.65. The van der Waals surface area contributed by atoms with Crippen molar-refractivity contribution in [1.29, 1.82) is 0 Å². The predicted molar refractivity (Wildman–Crippen MR) is 111 cm³/mol. The van der Waals surface area contributed by atoms with Crippen molar-refractivity contribution in [2.24, 2.45) is 0 Å². The first-order valence-electron chi connectivity index (χ1n) is 9.11. The van der Waals surface area contributed by atoms with Gasteiger partial charge in [0.05, 0.1) is 27.1 Å². The highest BCUT2D eigenvalue weighted by Gasteiger charge is 2.34. The van der Waals surface area contributed by atoms with Gasteiger partial charge < -0.3 is 24.0 Å². The fraction of sp³-hybridized carbons (Fsp3) is 0.632. The second kappa shape index (κ2) is 10.3. The number of rotatable bonds is 7. The van der Waals surface area contributed by atoms with Crippen LogP contribution in [0.5, 0.6) is 17.2 Å². The summed E-state index contributed by atoms with van der Waals surface area (Å²) in [7, 11) is 4.82. The maximum absolute atomic E-state index is 12.5. The van der Waals surface area contributed by atoms with E-state index in [1.807, 2.05) is 17.0 Å². The molecule has 3 rings (SSSR count). The Balaban J connectivity index is 0.00000261. The SMILES string of the molecule is COc1cc(C2SCC(=O)N2CCN2CCCCC2)cc(OC)c1OC.Cl. The molecule has 0 saturated carbocycles. The average molecular weight is 417 g/mol. The molecule has 8 heteroatoms. The molecule has 0 bridgehead atoms. The number of piperidine rings is 1. The van der Waals surface area contributed by atoms with Crippen molar-refractivity contribution in [2.75, 3.05) is 53.3 Å². The molecule has 0 radical (unpaired) electrons. The number of benzene rings is 1. The lowest BCUT2D eigenvalue weighted by atomic mass is 10.1. The molecule has 2 fully saturated rings. The molecule has 1 aromatic carbocycles. The summed E-state index contributed by atoms with van der Waals surface area (Å²) < 4.78 is 16.3. The number of carbonyl (C=O) groups excluding carboxylic acids is 1. The molecule has 1 amide bonds. The lowest BCUT2D eigenvalue weighted by Gasteiger charge is -2.31. The third-order valence-corrected chi connectivity index (χ3v) is 6.30. The molecule has 2 heterocycles. The molecule has 0 aliphatic carbocycles. The highest BCUT2D eigenvalue weighted by molar-refractivity contribution is 8.00. The van der Waals surface area contributed by atoms with Gasteiger partial charge in [0.25, 0.3) is 0 Å². The Bertz CT molecular complexity index is 615. The normalized spacial score (nSPS) is 20.3. The third kappa shape index (κ3) is 4.95. The number of carbonyl (C=O) groups is 1. The zero-order valence-electron chi connectivity index (χ0n) is 16.2. The number of amides is 1. The van der Waals surface area contributed by atoms with E-state index in [9.17, 15) is 4.79 Å². The van der Waals surface area contributed by atoms with Crippen LogP contribution in [0.3, 0.4) is 0 Å². The van der Waals surface area contributed by atoms with Crippen LogP contribution in [0.15, 0.2) is 12.1 Å². The van der Waals surface area contributed by atoms with E-state index in [1.54, 1.807) is 33.1 Å². The molecule has 2 aliphatic rings. The largest absolute Gasteiger partial charge is 0.493 e. The topological polar surface area (TPSA) is 51.2 Å². The van der Waals surface area contributed by atoms with Crippen LogP contribution in [-0.2, 0) is 4.79 Å². The predicted octanol–water partition coefficient (Wildman–Crippen LogP) is 3.19. The van der Waals surface area contributed by atoms with Crippen LogP contribution in [0.25, 0.3) is 0 Å². The molecule has 0 spiro atoms. The van der Waals surface area contributed by atoms with Crippen LogP contribution in [-0.4, -0.2) is 69.0 Å². The molecule has 1 unspecified atom stereocenters. The number of likely N-dealkylation sites (tertiary alicyclic amines) is 1. The molecule has 1 aromatic rings. The maximum Gasteiger partial charge on any atom is 0.233 e. The van der Waals surface area contributed by atoms with E-state index in [2.05, 4.69) is 4.90 Å². The summed E-state index contributed by atoms with van der Waals surface area (Å²) in [5, 5.41) is -0.0130. The van der Waals surface area contributed by atoms with Crippen molar-refractivity contribution in [3.63, 3.8) is 0 Å². The van der Waals surface area contributed by atoms with Crippen molar-refractivity contribution in [3.05, 3.63) is 17.7 Å². The molecule has 2 aliphatic heterocycles. The summed E-state index contributed by atoms with van der Waals surface area (Å²) in [5.41, 5.74) is 1.01. The van der Waals surface area contributed by atoms with Gasteiger partial charge >= 0.3 is 0 Å². The van der Waals surface area contributed by atoms with Gasteiger partial charge in [-0.25, -0.2) is 0 Å². The highest BCUT2D eigenvalue weighted by Crippen LogP contribution is 2.45. The molecule has 2 saturated heterocycles. The van der Waals surface area contributed by atoms with E-state index in [1.165, 1.54) is 19.3 Å². The van der Waals surface area contributed by atoms with Crippen LogP contribution in [0.1, 0.15) is 30.2 Å². The number of ether oxygens (including phenoxy) is 3. The Kier molecular flexibility index (Phi) is 8.38. The van der Waals surface area contributed by atoms with Gasteiger partial charge in [0.15, 0.2) is 11.5 Å². The van der Waals surface area contributed by atoms with Crippen LogP contribution in [0, 0.1) is 0 Å². The lowest BCUT2D eigenvalue weighted by molar-refractivity contribution is -0.128. The summed E-state index contributed by atoms with van der Waals surface area (Å²) >= 11 is 1.66. The molecule has 27 heavy (non-hydrogen) atoms. The minimum atomic E-state index is -0.0130. The number of methoxy groups -OCH3 is 3. The van der Waals surface area contributed by atoms with Gasteiger partial charge in [-0.05, 0) is 43.6 Å². The van der Waals surface area contributed by atoms with E-state index in [-0.39, 0.29) is 23.7 Å². The van der Waals surface area contributed by atoms with E-state index >= 15 is 0 Å². The number of thioether (sulfide) groups is 1. The lowest BCUT2D eigenvalue weighted by Crippen LogP contribution is -2.39. The number of halogens is 1. The van der Waals surface area contributed by atoms with Crippen molar-refractivity contribution in [1.82, 2.24) is 9.80 Å². The Morgan fingerprint density at radius 1 is 1.00 bits per heavy atom. The molecule has 6 nitrogen and oxygen atoms in total. The van der Waals surface area contributed by atoms with Crippen LogP contribution < -0.4 is 14.2 Å². The van der Waals surface area contributed by atoms with E-state index < -0.39 is 0 Å². The molecule has 0 aromatic heterocycles. The summed E-state index contributed by atoms with van der Waals surface area (Å²) in [6.45, 7) is 3.98. The third-order valence-electron chi connectivity index (χ3n) is 5.05. The minimum absolute atomic E-state index is 0. The van der Waals surface area contributed by atoms with Crippen molar-refractivity contribution < 1.29 is 19.0 Å². The fourth-order valence-corrected chi connectivity index (χ4v) is 4.85. The van der Waals surface area contributed by atoms with E-state index in [0.717, 1.165) is 31.7 Å². The first-order valence-corrected chi connectivity index (χ1v) is 10.2. The number of hydrogen-bond donors (Lipinski definition) is 0. The zero-order valence-corrected chi connectivity index (χ0v) is 17.9. The first kappa shape index (κ1) is 22.0. The highest BCUT2D eigenvalue weighted by atomic mass is 35.5. The second-order valence-electron chi connectivity index (χ2n) is 6.61. The quantitative estimate of drug-likeness (QED) is 0.680. The van der Waals surface area contributed by atoms with Crippen molar-refractivity contribution >= 4 is 30.1 Å². The van der Waals surface area contributed by atoms with Gasteiger partial charge in [-0.2, -0.15) is 0 Å². The van der Waals surface area contributed by atoms with Gasteiger partial charge in [-0.3, -0.25) is 4.79 Å². The second-order valence-corrected chi connectivity index (χ2v) is 7.68. The monoisotopic (exact) mass is 416 g/mol. The maximum atomic E-state index is 12.5. The molecule has 152 valence electrons. The number of hydrogen-bond acceptors (Lipinski definition) is 6. The Hall–Kier alpha value is -1.31. The molecule has 1 atom stereocenters. The van der Waals surface area contributed by atoms with Gasteiger partial charge in [0.2, 0.25) is 11.7 Å². The van der Waals surface area contributed by atoms with E-state index in [4.69, 9.17) is 14.2 Å². The van der Waals surface area contributed by atoms with Gasteiger partial charge in [0.1, 0.15) is 5.37 Å². The average Bonchev–Trinajstić information content (AvgIpc) is 3.06.